The van der Waals surface area contributed by atoms with Crippen LogP contribution >= 0.6 is 11.6 Å². The largest absolute Gasteiger partial charge is 0.434 e. The van der Waals surface area contributed by atoms with E-state index < -0.39 is 18.0 Å². The van der Waals surface area contributed by atoms with Crippen molar-refractivity contribution in [2.45, 2.75) is 20.1 Å². The Kier molecular flexibility index (Phi) is 4.28. The van der Waals surface area contributed by atoms with Crippen LogP contribution in [0.5, 0.6) is 0 Å². The zero-order valence-corrected chi connectivity index (χ0v) is 15.4. The van der Waals surface area contributed by atoms with Gasteiger partial charge in [0, 0.05) is 23.1 Å². The molecule has 1 aromatic heterocycles. The predicted octanol–water partition coefficient (Wildman–Crippen LogP) is 4.39. The minimum atomic E-state index is -0.954. The second-order valence-corrected chi connectivity index (χ2v) is 6.58. The molecule has 1 atom stereocenters. The molecule has 0 bridgehead atoms. The van der Waals surface area contributed by atoms with Gasteiger partial charge in [0.2, 0.25) is 6.23 Å². The van der Waals surface area contributed by atoms with Gasteiger partial charge >= 0.3 is 5.97 Å². The van der Waals surface area contributed by atoms with Gasteiger partial charge in [0.1, 0.15) is 17.3 Å². The number of carbonyl (C=O) groups excluding carboxylic acids is 1. The van der Waals surface area contributed by atoms with E-state index in [4.69, 9.17) is 16.3 Å². The number of aliphatic imine (C=N–C) groups is 1. The van der Waals surface area contributed by atoms with E-state index in [1.165, 1.54) is 13.0 Å². The first-order valence-corrected chi connectivity index (χ1v) is 8.68. The van der Waals surface area contributed by atoms with Crippen LogP contribution in [-0.4, -0.2) is 21.2 Å². The average molecular weight is 384 g/mol. The van der Waals surface area contributed by atoms with Crippen LogP contribution in [0.2, 0.25) is 5.02 Å². The number of fused-ring (bicyclic) bond motifs is 3. The third kappa shape index (κ3) is 3.02. The standard InChI is InChI=1S/C20H15ClFN3O2/c1-11-23-10-18-20(27-12(2)26)24-19(14-5-3-4-6-16(14)22)15-9-13(21)7-8-17(15)25(11)18/h3-10,20H,1-2H3/t20-/m0/s1. The van der Waals surface area contributed by atoms with E-state index >= 15 is 0 Å². The molecule has 0 aliphatic carbocycles. The number of benzene rings is 2. The summed E-state index contributed by atoms with van der Waals surface area (Å²) in [5.74, 6) is -0.230. The number of halogens is 2. The SMILES string of the molecule is CC(=O)O[C@@H]1N=C(c2ccccc2F)c2cc(Cl)ccc2-n2c1cnc2C. The Labute approximate surface area is 160 Å². The summed E-state index contributed by atoms with van der Waals surface area (Å²) >= 11 is 6.23. The molecule has 0 amide bonds. The Morgan fingerprint density at radius 1 is 1.22 bits per heavy atom. The zero-order valence-electron chi connectivity index (χ0n) is 14.6. The van der Waals surface area contributed by atoms with Gasteiger partial charge in [-0.05, 0) is 37.3 Å². The van der Waals surface area contributed by atoms with Crippen LogP contribution in [0.15, 0.2) is 53.7 Å². The van der Waals surface area contributed by atoms with Crippen molar-refractivity contribution in [2.24, 2.45) is 4.99 Å². The summed E-state index contributed by atoms with van der Waals surface area (Å²) in [6.45, 7) is 3.14. The lowest BCUT2D eigenvalue weighted by molar-refractivity contribution is -0.146. The molecule has 136 valence electrons. The highest BCUT2D eigenvalue weighted by Gasteiger charge is 2.29. The van der Waals surface area contributed by atoms with Crippen LogP contribution in [0.1, 0.15) is 35.8 Å². The third-order valence-electron chi connectivity index (χ3n) is 4.33. The van der Waals surface area contributed by atoms with Gasteiger partial charge in [0.15, 0.2) is 0 Å². The molecule has 7 heteroatoms. The summed E-state index contributed by atoms with van der Waals surface area (Å²) in [6, 6.07) is 11.6. The average Bonchev–Trinajstić information content (AvgIpc) is 2.94. The quantitative estimate of drug-likeness (QED) is 0.617. The molecule has 3 aromatic rings. The fourth-order valence-corrected chi connectivity index (χ4v) is 3.38. The predicted molar refractivity (Wildman–Crippen MR) is 99.9 cm³/mol. The second-order valence-electron chi connectivity index (χ2n) is 6.15. The fourth-order valence-electron chi connectivity index (χ4n) is 3.21. The van der Waals surface area contributed by atoms with Crippen LogP contribution in [0, 0.1) is 12.7 Å². The van der Waals surface area contributed by atoms with E-state index in [9.17, 15) is 9.18 Å². The van der Waals surface area contributed by atoms with E-state index in [0.717, 1.165) is 5.69 Å². The lowest BCUT2D eigenvalue weighted by Crippen LogP contribution is -2.11. The number of nitrogens with zero attached hydrogens (tertiary/aromatic N) is 3. The Morgan fingerprint density at radius 2 is 2.00 bits per heavy atom. The topological polar surface area (TPSA) is 56.5 Å². The number of esters is 1. The molecule has 0 saturated heterocycles. The Hall–Kier alpha value is -2.99. The summed E-state index contributed by atoms with van der Waals surface area (Å²) < 4.78 is 21.8. The first-order chi connectivity index (χ1) is 13.0. The van der Waals surface area contributed by atoms with Crippen molar-refractivity contribution in [1.29, 1.82) is 0 Å². The van der Waals surface area contributed by atoms with Gasteiger partial charge in [-0.15, -0.1) is 0 Å². The maximum absolute atomic E-state index is 14.6. The maximum Gasteiger partial charge on any atom is 0.304 e. The number of ether oxygens (including phenoxy) is 1. The molecule has 27 heavy (non-hydrogen) atoms. The van der Waals surface area contributed by atoms with Gasteiger partial charge in [-0.25, -0.2) is 14.4 Å². The molecule has 0 radical (unpaired) electrons. The number of rotatable bonds is 2. The lowest BCUT2D eigenvalue weighted by Gasteiger charge is -2.14. The van der Waals surface area contributed by atoms with Crippen LogP contribution in [0.3, 0.4) is 0 Å². The van der Waals surface area contributed by atoms with Gasteiger partial charge in [-0.2, -0.15) is 0 Å². The first kappa shape index (κ1) is 17.4. The number of hydrogen-bond donors (Lipinski definition) is 0. The van der Waals surface area contributed by atoms with E-state index in [1.807, 2.05) is 17.6 Å². The number of imidazole rings is 1. The van der Waals surface area contributed by atoms with Crippen LogP contribution in [-0.2, 0) is 9.53 Å². The number of carbonyl (C=O) groups is 1. The second kappa shape index (κ2) is 6.63. The highest BCUT2D eigenvalue weighted by molar-refractivity contribution is 6.31. The molecule has 1 aliphatic heterocycles. The van der Waals surface area contributed by atoms with Crippen LogP contribution in [0.4, 0.5) is 4.39 Å². The van der Waals surface area contributed by atoms with Crippen molar-refractivity contribution >= 4 is 23.3 Å². The van der Waals surface area contributed by atoms with E-state index in [2.05, 4.69) is 9.98 Å². The van der Waals surface area contributed by atoms with Crippen molar-refractivity contribution in [1.82, 2.24) is 9.55 Å². The summed E-state index contributed by atoms with van der Waals surface area (Å²) in [6.07, 6.45) is 0.652. The monoisotopic (exact) mass is 383 g/mol. The van der Waals surface area contributed by atoms with Crippen molar-refractivity contribution in [3.8, 4) is 5.69 Å². The Morgan fingerprint density at radius 3 is 2.74 bits per heavy atom. The van der Waals surface area contributed by atoms with Crippen LogP contribution in [0.25, 0.3) is 5.69 Å². The molecule has 2 aromatic carbocycles. The van der Waals surface area contributed by atoms with Gasteiger partial charge in [-0.1, -0.05) is 23.7 Å². The van der Waals surface area contributed by atoms with E-state index in [-0.39, 0.29) is 0 Å². The maximum atomic E-state index is 14.6. The molecule has 2 heterocycles. The minimum absolute atomic E-state index is 0.300. The molecular weight excluding hydrogens is 369 g/mol. The van der Waals surface area contributed by atoms with Crippen molar-refractivity contribution in [3.63, 3.8) is 0 Å². The minimum Gasteiger partial charge on any atom is -0.434 e. The zero-order chi connectivity index (χ0) is 19.1. The highest BCUT2D eigenvalue weighted by atomic mass is 35.5. The normalized spacial score (nSPS) is 15.4. The van der Waals surface area contributed by atoms with Gasteiger partial charge in [-0.3, -0.25) is 9.36 Å². The molecule has 5 nitrogen and oxygen atoms in total. The lowest BCUT2D eigenvalue weighted by atomic mass is 10.00. The number of hydrogen-bond acceptors (Lipinski definition) is 4. The van der Waals surface area contributed by atoms with Crippen molar-refractivity contribution in [2.75, 3.05) is 0 Å². The van der Waals surface area contributed by atoms with Gasteiger partial charge < -0.3 is 4.74 Å². The van der Waals surface area contributed by atoms with E-state index in [0.29, 0.717) is 33.4 Å². The fraction of sp³-hybridized carbons (Fsp3) is 0.150. The molecule has 0 unspecified atom stereocenters. The molecular formula is C20H15ClFN3O2. The molecule has 0 saturated carbocycles. The van der Waals surface area contributed by atoms with Gasteiger partial charge in [0.05, 0.1) is 17.6 Å². The van der Waals surface area contributed by atoms with Crippen LogP contribution < -0.4 is 0 Å². The number of aromatic nitrogens is 2. The summed E-state index contributed by atoms with van der Waals surface area (Å²) in [5, 5.41) is 0.489. The highest BCUT2D eigenvalue weighted by Crippen LogP contribution is 2.34. The third-order valence-corrected chi connectivity index (χ3v) is 4.56. The smallest absolute Gasteiger partial charge is 0.304 e. The molecule has 4 rings (SSSR count). The Balaban J connectivity index is 2.06. The summed E-state index contributed by atoms with van der Waals surface area (Å²) in [5.41, 5.74) is 2.61. The Bertz CT molecular complexity index is 1090. The van der Waals surface area contributed by atoms with Crippen molar-refractivity contribution in [3.05, 3.63) is 82.1 Å². The molecule has 0 spiro atoms. The number of aryl methyl sites for hydroxylation is 1. The summed E-state index contributed by atoms with van der Waals surface area (Å²) in [7, 11) is 0. The molecule has 0 N–H and O–H groups in total. The van der Waals surface area contributed by atoms with E-state index in [1.54, 1.807) is 36.5 Å². The first-order valence-electron chi connectivity index (χ1n) is 8.30. The molecule has 0 fully saturated rings. The van der Waals surface area contributed by atoms with Crippen molar-refractivity contribution < 1.29 is 13.9 Å². The molecule has 1 aliphatic rings. The van der Waals surface area contributed by atoms with Gasteiger partial charge in [0.25, 0.3) is 0 Å². The summed E-state index contributed by atoms with van der Waals surface area (Å²) in [4.78, 5) is 20.6.